The molecule has 1 N–H and O–H groups in total. The van der Waals surface area contributed by atoms with Gasteiger partial charge in [-0.3, -0.25) is 0 Å². The van der Waals surface area contributed by atoms with Gasteiger partial charge in [0.1, 0.15) is 0 Å². The van der Waals surface area contributed by atoms with Crippen molar-refractivity contribution in [3.05, 3.63) is 163 Å². The molecule has 0 bridgehead atoms. The van der Waals surface area contributed by atoms with Gasteiger partial charge >= 0.3 is 0 Å². The van der Waals surface area contributed by atoms with Crippen molar-refractivity contribution in [1.29, 1.82) is 0 Å². The summed E-state index contributed by atoms with van der Waals surface area (Å²) in [6.45, 7) is 1.02. The van der Waals surface area contributed by atoms with Crippen LogP contribution in [0.2, 0.25) is 0 Å². The van der Waals surface area contributed by atoms with Gasteiger partial charge < -0.3 is 15.0 Å². The van der Waals surface area contributed by atoms with Crippen molar-refractivity contribution < 1.29 is 4.74 Å². The molecule has 3 heterocycles. The van der Waals surface area contributed by atoms with E-state index in [1.165, 1.54) is 16.5 Å². The maximum atomic E-state index is 6.76. The normalized spacial score (nSPS) is 13.5. The van der Waals surface area contributed by atoms with Gasteiger partial charge in [-0.15, -0.1) is 0 Å². The second-order valence-corrected chi connectivity index (χ2v) is 13.2. The largest absolute Gasteiger partial charge is 0.452 e. The number of nitrogens with one attached hydrogen (secondary N) is 1. The molecule has 2 aliphatic rings. The highest BCUT2D eigenvalue weighted by molar-refractivity contribution is 6.19. The first kappa shape index (κ1) is 30.1. The number of ether oxygens (including phenoxy) is 1. The number of aromatic nitrogens is 3. The Balaban J connectivity index is 1.14. The van der Waals surface area contributed by atoms with Crippen LogP contribution >= 0.6 is 0 Å². The molecule has 0 fully saturated rings. The fraction of sp³-hybridized carbons (Fsp3) is 0.0652. The van der Waals surface area contributed by atoms with Crippen molar-refractivity contribution in [3.8, 4) is 45.7 Å². The average molecular weight is 672 g/mol. The molecule has 0 atom stereocenters. The highest BCUT2D eigenvalue weighted by Crippen LogP contribution is 2.56. The molecule has 10 rings (SSSR count). The molecule has 6 nitrogen and oxygen atoms in total. The topological polar surface area (TPSA) is 63.2 Å². The van der Waals surface area contributed by atoms with Gasteiger partial charge in [0.05, 0.1) is 11.4 Å². The number of allylic oxidation sites excluding steroid dienone is 1. The second-order valence-electron chi connectivity index (χ2n) is 13.2. The fourth-order valence-electron chi connectivity index (χ4n) is 7.49. The van der Waals surface area contributed by atoms with Crippen molar-refractivity contribution in [2.24, 2.45) is 0 Å². The molecule has 8 aromatic rings. The molecule has 0 aliphatic carbocycles. The molecule has 0 saturated heterocycles. The van der Waals surface area contributed by atoms with Crippen LogP contribution in [0.3, 0.4) is 0 Å². The van der Waals surface area contributed by atoms with Crippen molar-refractivity contribution in [2.75, 3.05) is 11.4 Å². The molecule has 0 saturated carbocycles. The molecule has 1 aromatic heterocycles. The lowest BCUT2D eigenvalue weighted by atomic mass is 9.96. The number of hydrogen-bond donors (Lipinski definition) is 1. The zero-order valence-electron chi connectivity index (χ0n) is 28.3. The number of para-hydroxylation sites is 2. The van der Waals surface area contributed by atoms with Gasteiger partial charge in [-0.05, 0) is 59.0 Å². The van der Waals surface area contributed by atoms with Crippen LogP contribution in [0.4, 0.5) is 17.1 Å². The lowest BCUT2D eigenvalue weighted by Gasteiger charge is -2.35. The van der Waals surface area contributed by atoms with Gasteiger partial charge in [0.25, 0.3) is 0 Å². The summed E-state index contributed by atoms with van der Waals surface area (Å²) in [5, 5.41) is 7.91. The lowest BCUT2D eigenvalue weighted by Crippen LogP contribution is -2.16. The summed E-state index contributed by atoms with van der Waals surface area (Å²) in [5.41, 5.74) is 8.27. The summed E-state index contributed by atoms with van der Waals surface area (Å²) < 4.78 is 6.76. The summed E-state index contributed by atoms with van der Waals surface area (Å²) in [4.78, 5) is 17.5. The fourth-order valence-corrected chi connectivity index (χ4v) is 7.49. The predicted molar refractivity (Wildman–Crippen MR) is 211 cm³/mol. The summed E-state index contributed by atoms with van der Waals surface area (Å²) in [5.74, 6) is 3.53. The minimum Gasteiger partial charge on any atom is -0.452 e. The Morgan fingerprint density at radius 2 is 1.12 bits per heavy atom. The van der Waals surface area contributed by atoms with Gasteiger partial charge in [-0.1, -0.05) is 127 Å². The molecule has 6 heteroatoms. The van der Waals surface area contributed by atoms with Crippen molar-refractivity contribution in [3.63, 3.8) is 0 Å². The molecular weight excluding hydrogens is 639 g/mol. The third kappa shape index (κ3) is 5.15. The van der Waals surface area contributed by atoms with Gasteiger partial charge in [0.2, 0.25) is 0 Å². The zero-order valence-corrected chi connectivity index (χ0v) is 28.3. The Morgan fingerprint density at radius 1 is 0.519 bits per heavy atom. The standard InChI is InChI=1S/C46H33N5O/c1-2-12-31(13-3-1)44-48-45(32-25-23-30(24-26-32)34-15-11-27-47-29-34)50-46(49-44)33-14-10-16-35(28-33)51-40-21-8-9-22-41(40)52-43-39-20-7-5-18-37(39)36-17-4-6-19-38(36)42(43)51/h1-10,12-14,16-26,28-29,47H,11,15,27H2. The first-order chi connectivity index (χ1) is 25.8. The number of nitrogens with zero attached hydrogens (tertiary/aromatic N) is 4. The maximum absolute atomic E-state index is 6.76. The molecular formula is C46H33N5O. The number of fused-ring (bicyclic) bond motifs is 7. The molecule has 52 heavy (non-hydrogen) atoms. The van der Waals surface area contributed by atoms with E-state index in [1.807, 2.05) is 42.5 Å². The third-order valence-electron chi connectivity index (χ3n) is 9.99. The Hall–Kier alpha value is -6.79. The number of hydrogen-bond acceptors (Lipinski definition) is 6. The quantitative estimate of drug-likeness (QED) is 0.184. The first-order valence-electron chi connectivity index (χ1n) is 17.7. The summed E-state index contributed by atoms with van der Waals surface area (Å²) in [6.07, 6.45) is 4.34. The monoisotopic (exact) mass is 671 g/mol. The van der Waals surface area contributed by atoms with Crippen LogP contribution < -0.4 is 15.0 Å². The smallest absolute Gasteiger partial charge is 0.164 e. The second kappa shape index (κ2) is 12.5. The van der Waals surface area contributed by atoms with Crippen LogP contribution in [0.1, 0.15) is 18.4 Å². The summed E-state index contributed by atoms with van der Waals surface area (Å²) in [7, 11) is 0. The van der Waals surface area contributed by atoms with E-state index in [-0.39, 0.29) is 0 Å². The van der Waals surface area contributed by atoms with Crippen LogP contribution in [-0.2, 0) is 0 Å². The van der Waals surface area contributed by atoms with Crippen LogP contribution in [0.25, 0.3) is 61.3 Å². The Bertz CT molecular complexity index is 2670. The highest BCUT2D eigenvalue weighted by atomic mass is 16.5. The van der Waals surface area contributed by atoms with Gasteiger partial charge in [0.15, 0.2) is 29.0 Å². The molecule has 0 radical (unpaired) electrons. The van der Waals surface area contributed by atoms with Gasteiger partial charge in [-0.25, -0.2) is 15.0 Å². The predicted octanol–water partition coefficient (Wildman–Crippen LogP) is 11.5. The zero-order chi connectivity index (χ0) is 34.4. The lowest BCUT2D eigenvalue weighted by molar-refractivity contribution is 0.483. The Morgan fingerprint density at radius 3 is 1.87 bits per heavy atom. The van der Waals surface area contributed by atoms with E-state index in [2.05, 4.69) is 126 Å². The van der Waals surface area contributed by atoms with Crippen LogP contribution in [0, 0.1) is 0 Å². The van der Waals surface area contributed by atoms with Crippen molar-refractivity contribution >= 4 is 44.2 Å². The van der Waals surface area contributed by atoms with Gasteiger partial charge in [-0.2, -0.15) is 0 Å². The molecule has 0 unspecified atom stereocenters. The summed E-state index contributed by atoms with van der Waals surface area (Å²) >= 11 is 0. The molecule has 0 spiro atoms. The molecule has 0 amide bonds. The molecule has 2 aliphatic heterocycles. The van der Waals surface area contributed by atoms with Crippen LogP contribution in [0.5, 0.6) is 11.5 Å². The molecule has 7 aromatic carbocycles. The van der Waals surface area contributed by atoms with E-state index in [9.17, 15) is 0 Å². The minimum atomic E-state index is 0.610. The first-order valence-corrected chi connectivity index (χ1v) is 17.7. The van der Waals surface area contributed by atoms with Crippen molar-refractivity contribution in [1.82, 2.24) is 20.3 Å². The van der Waals surface area contributed by atoms with E-state index < -0.39 is 0 Å². The van der Waals surface area contributed by atoms with Crippen LogP contribution in [0.15, 0.2) is 158 Å². The number of anilines is 3. The number of rotatable bonds is 5. The van der Waals surface area contributed by atoms with E-state index >= 15 is 0 Å². The number of benzene rings is 7. The summed E-state index contributed by atoms with van der Waals surface area (Å²) in [6, 6.07) is 52.5. The van der Waals surface area contributed by atoms with Gasteiger partial charge in [0, 0.05) is 45.9 Å². The van der Waals surface area contributed by atoms with E-state index in [0.717, 1.165) is 80.8 Å². The molecule has 248 valence electrons. The Labute approximate surface area is 301 Å². The average Bonchev–Trinajstić information content (AvgIpc) is 3.23. The SMILES string of the molecule is C1=C(c2ccc(-c3nc(-c4ccccc4)nc(-c4cccc(N5c6ccccc6Oc6c5c5ccccc5c5ccccc65)c4)n3)cc2)CCCN1. The minimum absolute atomic E-state index is 0.610. The highest BCUT2D eigenvalue weighted by Gasteiger charge is 2.30. The van der Waals surface area contributed by atoms with E-state index in [1.54, 1.807) is 0 Å². The van der Waals surface area contributed by atoms with Crippen molar-refractivity contribution in [2.45, 2.75) is 12.8 Å². The van der Waals surface area contributed by atoms with E-state index in [0.29, 0.717) is 17.5 Å². The van der Waals surface area contributed by atoms with E-state index in [4.69, 9.17) is 19.7 Å². The van der Waals surface area contributed by atoms with Crippen LogP contribution in [-0.4, -0.2) is 21.5 Å². The maximum Gasteiger partial charge on any atom is 0.164 e. The third-order valence-corrected chi connectivity index (χ3v) is 9.99. The Kier molecular flexibility index (Phi) is 7.24.